The summed E-state index contributed by atoms with van der Waals surface area (Å²) in [5.41, 5.74) is 6.02. The highest BCUT2D eigenvalue weighted by atomic mass is 16.6. The number of nitro groups is 1. The van der Waals surface area contributed by atoms with Crippen LogP contribution in [0.3, 0.4) is 0 Å². The number of aryl methyl sites for hydroxylation is 1. The van der Waals surface area contributed by atoms with E-state index in [0.29, 0.717) is 12.4 Å². The first-order valence-corrected chi connectivity index (χ1v) is 5.76. The maximum Gasteiger partial charge on any atom is 0.331 e. The summed E-state index contributed by atoms with van der Waals surface area (Å²) in [6.45, 7) is 1.45. The summed E-state index contributed by atoms with van der Waals surface area (Å²) < 4.78 is 1.55. The van der Waals surface area contributed by atoms with Gasteiger partial charge in [-0.3, -0.25) is 10.1 Å². The molecule has 0 spiro atoms. The lowest BCUT2D eigenvalue weighted by atomic mass is 10.2. The van der Waals surface area contributed by atoms with E-state index in [-0.39, 0.29) is 11.7 Å². The van der Waals surface area contributed by atoms with Gasteiger partial charge in [0.2, 0.25) is 5.82 Å². The molecular formula is C10H17N5O2. The second kappa shape index (κ2) is 4.70. The van der Waals surface area contributed by atoms with Crippen LogP contribution in [0.2, 0.25) is 0 Å². The lowest BCUT2D eigenvalue weighted by Gasteiger charge is -2.23. The van der Waals surface area contributed by atoms with Crippen molar-refractivity contribution in [3.8, 4) is 0 Å². The highest BCUT2D eigenvalue weighted by Gasteiger charge is 2.26. The van der Waals surface area contributed by atoms with E-state index in [9.17, 15) is 10.1 Å². The van der Waals surface area contributed by atoms with E-state index in [1.807, 2.05) is 4.90 Å². The van der Waals surface area contributed by atoms with Crippen LogP contribution in [0.5, 0.6) is 0 Å². The van der Waals surface area contributed by atoms with Crippen LogP contribution in [0, 0.1) is 10.1 Å². The molecule has 0 aliphatic carbocycles. The molecule has 1 aromatic rings. The van der Waals surface area contributed by atoms with Crippen molar-refractivity contribution in [1.82, 2.24) is 9.78 Å². The zero-order chi connectivity index (χ0) is 12.4. The van der Waals surface area contributed by atoms with Crippen LogP contribution in [-0.2, 0) is 7.05 Å². The molecule has 1 aliphatic rings. The molecule has 0 unspecified atom stereocenters. The molecule has 1 saturated heterocycles. The van der Waals surface area contributed by atoms with Crippen molar-refractivity contribution in [2.75, 3.05) is 18.0 Å². The summed E-state index contributed by atoms with van der Waals surface area (Å²) in [4.78, 5) is 12.5. The minimum atomic E-state index is -0.390. The number of hydrogen-bond acceptors (Lipinski definition) is 5. The van der Waals surface area contributed by atoms with Gasteiger partial charge < -0.3 is 10.6 Å². The van der Waals surface area contributed by atoms with Gasteiger partial charge in [0.25, 0.3) is 0 Å². The van der Waals surface area contributed by atoms with Crippen LogP contribution in [0.25, 0.3) is 0 Å². The van der Waals surface area contributed by atoms with Crippen LogP contribution in [0.15, 0.2) is 6.20 Å². The largest absolute Gasteiger partial charge is 0.350 e. The van der Waals surface area contributed by atoms with Gasteiger partial charge in [-0.25, -0.2) is 4.68 Å². The van der Waals surface area contributed by atoms with Crippen LogP contribution < -0.4 is 10.6 Å². The molecular weight excluding hydrogens is 222 g/mol. The van der Waals surface area contributed by atoms with Crippen LogP contribution in [0.1, 0.15) is 19.3 Å². The predicted octanol–water partition coefficient (Wildman–Crippen LogP) is 0.646. The molecule has 1 aromatic heterocycles. The Morgan fingerprint density at radius 3 is 3.06 bits per heavy atom. The van der Waals surface area contributed by atoms with Gasteiger partial charge in [-0.05, 0) is 12.8 Å². The molecule has 17 heavy (non-hydrogen) atoms. The molecule has 0 radical (unpaired) electrons. The standard InChI is InChI=1S/C10H17N5O2/c1-13-10(9(6-12-13)15(16)17)14-5-3-2-4-8(11)7-14/h6,8H,2-5,7,11H2,1H3/t8-/m1/s1. The maximum atomic E-state index is 10.9. The van der Waals surface area contributed by atoms with E-state index in [1.54, 1.807) is 11.7 Å². The van der Waals surface area contributed by atoms with Crippen LogP contribution in [0.4, 0.5) is 11.5 Å². The summed E-state index contributed by atoms with van der Waals surface area (Å²) in [7, 11) is 1.72. The van der Waals surface area contributed by atoms with Crippen LogP contribution >= 0.6 is 0 Å². The fourth-order valence-electron chi connectivity index (χ4n) is 2.28. The summed E-state index contributed by atoms with van der Waals surface area (Å²) in [5.74, 6) is 0.562. The average Bonchev–Trinajstić information content (AvgIpc) is 2.52. The fraction of sp³-hybridized carbons (Fsp3) is 0.700. The zero-order valence-electron chi connectivity index (χ0n) is 9.87. The van der Waals surface area contributed by atoms with Gasteiger partial charge in [0, 0.05) is 26.2 Å². The Kier molecular flexibility index (Phi) is 3.28. The smallest absolute Gasteiger partial charge is 0.331 e. The Balaban J connectivity index is 2.31. The number of anilines is 1. The summed E-state index contributed by atoms with van der Waals surface area (Å²) >= 11 is 0. The molecule has 94 valence electrons. The molecule has 1 fully saturated rings. The maximum absolute atomic E-state index is 10.9. The minimum Gasteiger partial charge on any atom is -0.350 e. The minimum absolute atomic E-state index is 0.0570. The van der Waals surface area contributed by atoms with Crippen molar-refractivity contribution in [3.63, 3.8) is 0 Å². The Labute approximate surface area is 99.3 Å². The molecule has 0 aromatic carbocycles. The van der Waals surface area contributed by atoms with Gasteiger partial charge in [0.05, 0.1) is 4.92 Å². The molecule has 1 atom stereocenters. The average molecular weight is 239 g/mol. The normalized spacial score (nSPS) is 21.3. The zero-order valence-corrected chi connectivity index (χ0v) is 9.87. The van der Waals surface area contributed by atoms with Gasteiger partial charge in [-0.1, -0.05) is 6.42 Å². The monoisotopic (exact) mass is 239 g/mol. The van der Waals surface area contributed by atoms with Gasteiger partial charge in [0.1, 0.15) is 6.20 Å². The van der Waals surface area contributed by atoms with Crippen molar-refractivity contribution >= 4 is 11.5 Å². The van der Waals surface area contributed by atoms with E-state index in [1.165, 1.54) is 6.20 Å². The molecule has 7 nitrogen and oxygen atoms in total. The first kappa shape index (κ1) is 11.8. The number of aromatic nitrogens is 2. The Bertz CT molecular complexity index is 417. The first-order chi connectivity index (χ1) is 8.09. The molecule has 7 heteroatoms. The Morgan fingerprint density at radius 2 is 2.35 bits per heavy atom. The fourth-order valence-corrected chi connectivity index (χ4v) is 2.28. The van der Waals surface area contributed by atoms with Crippen molar-refractivity contribution in [2.24, 2.45) is 12.8 Å². The summed E-state index contributed by atoms with van der Waals surface area (Å²) in [5, 5.41) is 14.9. The molecule has 1 aliphatic heterocycles. The number of hydrogen-bond donors (Lipinski definition) is 1. The molecule has 0 bridgehead atoms. The highest BCUT2D eigenvalue weighted by molar-refractivity contribution is 5.57. The third-order valence-corrected chi connectivity index (χ3v) is 3.09. The van der Waals surface area contributed by atoms with E-state index in [2.05, 4.69) is 5.10 Å². The third kappa shape index (κ3) is 2.38. The number of nitrogens with two attached hydrogens (primary N) is 1. The SMILES string of the molecule is Cn1ncc([N+](=O)[O-])c1N1CCCC[C@@H](N)C1. The quantitative estimate of drug-likeness (QED) is 0.604. The molecule has 0 amide bonds. The third-order valence-electron chi connectivity index (χ3n) is 3.09. The highest BCUT2D eigenvalue weighted by Crippen LogP contribution is 2.28. The topological polar surface area (TPSA) is 90.2 Å². The lowest BCUT2D eigenvalue weighted by molar-refractivity contribution is -0.384. The van der Waals surface area contributed by atoms with E-state index in [4.69, 9.17) is 5.73 Å². The predicted molar refractivity (Wildman–Crippen MR) is 63.9 cm³/mol. The summed E-state index contributed by atoms with van der Waals surface area (Å²) in [6.07, 6.45) is 4.35. The Morgan fingerprint density at radius 1 is 1.59 bits per heavy atom. The van der Waals surface area contributed by atoms with Crippen molar-refractivity contribution in [1.29, 1.82) is 0 Å². The van der Waals surface area contributed by atoms with Gasteiger partial charge in [-0.15, -0.1) is 0 Å². The Hall–Kier alpha value is -1.63. The van der Waals surface area contributed by atoms with Gasteiger partial charge in [-0.2, -0.15) is 5.10 Å². The molecule has 0 saturated carbocycles. The van der Waals surface area contributed by atoms with Crippen molar-refractivity contribution in [3.05, 3.63) is 16.3 Å². The molecule has 2 heterocycles. The number of nitrogens with zero attached hydrogens (tertiary/aromatic N) is 4. The summed E-state index contributed by atoms with van der Waals surface area (Å²) in [6, 6.07) is 0.0759. The second-order valence-electron chi connectivity index (χ2n) is 4.44. The molecule has 2 N–H and O–H groups in total. The van der Waals surface area contributed by atoms with E-state index >= 15 is 0 Å². The van der Waals surface area contributed by atoms with Crippen molar-refractivity contribution < 1.29 is 4.92 Å². The van der Waals surface area contributed by atoms with Gasteiger partial charge >= 0.3 is 5.69 Å². The van der Waals surface area contributed by atoms with Crippen molar-refractivity contribution in [2.45, 2.75) is 25.3 Å². The lowest BCUT2D eigenvalue weighted by Crippen LogP contribution is -2.37. The van der Waals surface area contributed by atoms with Crippen LogP contribution in [-0.4, -0.2) is 33.8 Å². The molecule has 2 rings (SSSR count). The first-order valence-electron chi connectivity index (χ1n) is 5.76. The van der Waals surface area contributed by atoms with Gasteiger partial charge in [0.15, 0.2) is 0 Å². The second-order valence-corrected chi connectivity index (χ2v) is 4.44. The van der Waals surface area contributed by atoms with E-state index < -0.39 is 4.92 Å². The number of rotatable bonds is 2. The van der Waals surface area contributed by atoms with E-state index in [0.717, 1.165) is 25.8 Å².